The quantitative estimate of drug-likeness (QED) is 0.488. The van der Waals surface area contributed by atoms with E-state index in [1.54, 1.807) is 24.3 Å². The molecule has 16 heavy (non-hydrogen) atoms. The Morgan fingerprint density at radius 2 is 1.62 bits per heavy atom. The summed E-state index contributed by atoms with van der Waals surface area (Å²) in [6.07, 6.45) is 0. The normalized spacial score (nSPS) is 14.2. The van der Waals surface area contributed by atoms with Gasteiger partial charge in [0.05, 0.1) is 0 Å². The Morgan fingerprint density at radius 1 is 1.19 bits per heavy atom. The van der Waals surface area contributed by atoms with Crippen molar-refractivity contribution in [2.24, 2.45) is 5.84 Å². The molecule has 0 amide bonds. The number of benzene rings is 1. The van der Waals surface area contributed by atoms with Gasteiger partial charge in [-0.05, 0) is 28.6 Å². The van der Waals surface area contributed by atoms with E-state index < -0.39 is 11.4 Å². The Labute approximate surface area is 98.8 Å². The Bertz CT molecular complexity index is 333. The highest BCUT2D eigenvalue weighted by Crippen LogP contribution is 2.34. The predicted molar refractivity (Wildman–Crippen MR) is 61.4 cm³/mol. The van der Waals surface area contributed by atoms with Crippen LogP contribution in [0.3, 0.4) is 0 Å². The molecule has 0 saturated carbocycles. The lowest BCUT2D eigenvalue weighted by atomic mass is 9.99. The molecule has 1 unspecified atom stereocenters. The lowest BCUT2D eigenvalue weighted by Crippen LogP contribution is -2.37. The molecule has 0 aliphatic rings. The molecular weight excluding hydrogens is 234 g/mol. The standard InChI is InChI=1S/C11H15ClF2N2/c1-7(2)8-3-5-9(6-4-8)10(16-15)11(12,13)14/h3-7,10,16H,15H2,1-2H3. The van der Waals surface area contributed by atoms with Crippen molar-refractivity contribution >= 4 is 11.6 Å². The van der Waals surface area contributed by atoms with E-state index in [9.17, 15) is 8.78 Å². The molecule has 3 N–H and O–H groups in total. The van der Waals surface area contributed by atoms with Gasteiger partial charge in [0.15, 0.2) is 0 Å². The zero-order chi connectivity index (χ0) is 12.3. The molecule has 1 rings (SSSR count). The fourth-order valence-corrected chi connectivity index (χ4v) is 1.64. The maximum Gasteiger partial charge on any atom is 0.342 e. The number of nitrogens with two attached hydrogens (primary N) is 1. The average molecular weight is 249 g/mol. The van der Waals surface area contributed by atoms with Crippen LogP contribution in [0.4, 0.5) is 8.78 Å². The molecule has 0 aromatic heterocycles. The first-order chi connectivity index (χ1) is 7.36. The molecule has 5 heteroatoms. The minimum absolute atomic E-state index is 0.356. The Balaban J connectivity index is 2.96. The minimum atomic E-state index is -3.41. The fourth-order valence-electron chi connectivity index (χ4n) is 1.45. The van der Waals surface area contributed by atoms with Gasteiger partial charge in [-0.2, -0.15) is 8.78 Å². The summed E-state index contributed by atoms with van der Waals surface area (Å²) in [6.45, 7) is 4.06. The van der Waals surface area contributed by atoms with Crippen molar-refractivity contribution < 1.29 is 8.78 Å². The number of rotatable bonds is 4. The summed E-state index contributed by atoms with van der Waals surface area (Å²) in [5, 5.41) is -3.41. The Hall–Kier alpha value is -0.710. The van der Waals surface area contributed by atoms with Gasteiger partial charge in [0, 0.05) is 0 Å². The Kier molecular flexibility index (Phi) is 4.24. The first-order valence-electron chi connectivity index (χ1n) is 4.99. The molecular formula is C11H15ClF2N2. The molecule has 1 atom stereocenters. The minimum Gasteiger partial charge on any atom is -0.271 e. The number of hydrogen-bond donors (Lipinski definition) is 2. The summed E-state index contributed by atoms with van der Waals surface area (Å²) in [4.78, 5) is 0. The van der Waals surface area contributed by atoms with Crippen molar-refractivity contribution in [2.45, 2.75) is 31.2 Å². The second-order valence-electron chi connectivity index (χ2n) is 3.96. The summed E-state index contributed by atoms with van der Waals surface area (Å²) >= 11 is 4.96. The Morgan fingerprint density at radius 3 is 1.94 bits per heavy atom. The van der Waals surface area contributed by atoms with Crippen molar-refractivity contribution in [3.05, 3.63) is 35.4 Å². The van der Waals surface area contributed by atoms with Gasteiger partial charge in [-0.1, -0.05) is 38.1 Å². The molecule has 0 bridgehead atoms. The van der Waals surface area contributed by atoms with E-state index in [1.807, 2.05) is 19.3 Å². The third-order valence-electron chi connectivity index (χ3n) is 2.43. The summed E-state index contributed by atoms with van der Waals surface area (Å²) in [5.74, 6) is 5.43. The molecule has 0 aliphatic carbocycles. The highest BCUT2D eigenvalue weighted by atomic mass is 35.5. The van der Waals surface area contributed by atoms with Crippen LogP contribution >= 0.6 is 11.6 Å². The molecule has 90 valence electrons. The van der Waals surface area contributed by atoms with Crippen molar-refractivity contribution in [2.75, 3.05) is 0 Å². The zero-order valence-corrected chi connectivity index (χ0v) is 9.93. The van der Waals surface area contributed by atoms with Crippen molar-refractivity contribution in [1.82, 2.24) is 5.43 Å². The molecule has 0 radical (unpaired) electrons. The lowest BCUT2D eigenvalue weighted by molar-refractivity contribution is 0.0497. The van der Waals surface area contributed by atoms with Gasteiger partial charge in [0.2, 0.25) is 0 Å². The number of alkyl halides is 3. The second kappa shape index (κ2) is 5.08. The van der Waals surface area contributed by atoms with Crippen LogP contribution in [0.2, 0.25) is 0 Å². The van der Waals surface area contributed by atoms with Gasteiger partial charge in [0.25, 0.3) is 0 Å². The maximum atomic E-state index is 13.0. The second-order valence-corrected chi connectivity index (χ2v) is 4.47. The third-order valence-corrected chi connectivity index (χ3v) is 2.65. The fraction of sp³-hybridized carbons (Fsp3) is 0.455. The van der Waals surface area contributed by atoms with Crippen LogP contribution in [0.25, 0.3) is 0 Å². The summed E-state index contributed by atoms with van der Waals surface area (Å²) in [7, 11) is 0. The summed E-state index contributed by atoms with van der Waals surface area (Å²) < 4.78 is 25.9. The van der Waals surface area contributed by atoms with Crippen molar-refractivity contribution in [1.29, 1.82) is 0 Å². The molecule has 0 fully saturated rings. The number of hydrazine groups is 1. The van der Waals surface area contributed by atoms with E-state index >= 15 is 0 Å². The molecule has 0 saturated heterocycles. The predicted octanol–water partition coefficient (Wildman–Crippen LogP) is 3.15. The van der Waals surface area contributed by atoms with Gasteiger partial charge < -0.3 is 0 Å². The van der Waals surface area contributed by atoms with Crippen LogP contribution in [0.15, 0.2) is 24.3 Å². The van der Waals surface area contributed by atoms with E-state index in [4.69, 9.17) is 17.4 Å². The molecule has 0 aliphatic heterocycles. The highest BCUT2D eigenvalue weighted by Gasteiger charge is 2.37. The van der Waals surface area contributed by atoms with E-state index in [0.29, 0.717) is 11.5 Å². The summed E-state index contributed by atoms with van der Waals surface area (Å²) in [6, 6.07) is 5.43. The van der Waals surface area contributed by atoms with Crippen LogP contribution in [0.1, 0.15) is 36.9 Å². The van der Waals surface area contributed by atoms with Crippen LogP contribution in [0, 0.1) is 0 Å². The molecule has 2 nitrogen and oxygen atoms in total. The van der Waals surface area contributed by atoms with E-state index in [-0.39, 0.29) is 0 Å². The van der Waals surface area contributed by atoms with Gasteiger partial charge in [0.1, 0.15) is 6.04 Å². The first kappa shape index (κ1) is 13.4. The lowest BCUT2D eigenvalue weighted by Gasteiger charge is -2.21. The number of hydrogen-bond acceptors (Lipinski definition) is 2. The first-order valence-corrected chi connectivity index (χ1v) is 5.36. The van der Waals surface area contributed by atoms with Gasteiger partial charge in [-0.15, -0.1) is 0 Å². The average Bonchev–Trinajstić information content (AvgIpc) is 2.17. The van der Waals surface area contributed by atoms with Gasteiger partial charge >= 0.3 is 5.38 Å². The molecule has 0 spiro atoms. The van der Waals surface area contributed by atoms with Crippen LogP contribution < -0.4 is 11.3 Å². The number of nitrogens with one attached hydrogen (secondary N) is 1. The largest absolute Gasteiger partial charge is 0.342 e. The van der Waals surface area contributed by atoms with E-state index in [2.05, 4.69) is 0 Å². The SMILES string of the molecule is CC(C)c1ccc(C(NN)C(F)(F)Cl)cc1. The number of halogens is 3. The molecule has 1 aromatic carbocycles. The smallest absolute Gasteiger partial charge is 0.271 e. The van der Waals surface area contributed by atoms with Crippen molar-refractivity contribution in [3.63, 3.8) is 0 Å². The van der Waals surface area contributed by atoms with Crippen LogP contribution in [0.5, 0.6) is 0 Å². The monoisotopic (exact) mass is 248 g/mol. The zero-order valence-electron chi connectivity index (χ0n) is 9.18. The summed E-state index contributed by atoms with van der Waals surface area (Å²) in [5.41, 5.74) is 3.47. The van der Waals surface area contributed by atoms with Gasteiger partial charge in [-0.25, -0.2) is 5.43 Å². The highest BCUT2D eigenvalue weighted by molar-refractivity contribution is 6.22. The van der Waals surface area contributed by atoms with Gasteiger partial charge in [-0.3, -0.25) is 5.84 Å². The van der Waals surface area contributed by atoms with E-state index in [0.717, 1.165) is 5.56 Å². The third kappa shape index (κ3) is 3.14. The molecule has 0 heterocycles. The maximum absolute atomic E-state index is 13.0. The van der Waals surface area contributed by atoms with Crippen LogP contribution in [-0.2, 0) is 0 Å². The van der Waals surface area contributed by atoms with Crippen molar-refractivity contribution in [3.8, 4) is 0 Å². The molecule has 1 aromatic rings. The topological polar surface area (TPSA) is 38.0 Å². The van der Waals surface area contributed by atoms with E-state index in [1.165, 1.54) is 0 Å². The van der Waals surface area contributed by atoms with Crippen LogP contribution in [-0.4, -0.2) is 5.38 Å².